The first-order chi connectivity index (χ1) is 10.3. The second-order valence-corrected chi connectivity index (χ2v) is 5.43. The van der Waals surface area contributed by atoms with Crippen LogP contribution in [0.4, 0.5) is 0 Å². The highest BCUT2D eigenvalue weighted by Gasteiger charge is 2.07. The maximum atomic E-state index is 12.3. The first kappa shape index (κ1) is 13.6. The lowest BCUT2D eigenvalue weighted by molar-refractivity contribution is 0.305. The van der Waals surface area contributed by atoms with Gasteiger partial charge in [0.15, 0.2) is 0 Å². The average Bonchev–Trinajstić information content (AvgIpc) is 3.12. The van der Waals surface area contributed by atoms with Gasteiger partial charge in [0, 0.05) is 29.3 Å². The summed E-state index contributed by atoms with van der Waals surface area (Å²) in [6, 6.07) is 3.64. The third kappa shape index (κ3) is 2.75. The van der Waals surface area contributed by atoms with Gasteiger partial charge in [-0.1, -0.05) is 11.8 Å². The normalized spacial score (nSPS) is 10.5. The molecule has 3 rings (SSSR count). The maximum Gasteiger partial charge on any atom is 0.276 e. The van der Waals surface area contributed by atoms with Crippen LogP contribution in [0.25, 0.3) is 5.52 Å². The quantitative estimate of drug-likeness (QED) is 0.743. The summed E-state index contributed by atoms with van der Waals surface area (Å²) in [7, 11) is 0. The molecule has 1 N–H and O–H groups in total. The van der Waals surface area contributed by atoms with E-state index in [9.17, 15) is 4.79 Å². The SMILES string of the molecule is O=c1c2ccnn2ccn1Cc1sccc1C#CCCO. The van der Waals surface area contributed by atoms with Crippen LogP contribution in [0.3, 0.4) is 0 Å². The van der Waals surface area contributed by atoms with Crippen molar-refractivity contribution >= 4 is 16.9 Å². The van der Waals surface area contributed by atoms with Crippen LogP contribution in [-0.2, 0) is 6.54 Å². The summed E-state index contributed by atoms with van der Waals surface area (Å²) < 4.78 is 3.22. The molecular formula is C15H13N3O2S. The van der Waals surface area contributed by atoms with Crippen LogP contribution in [0.2, 0.25) is 0 Å². The van der Waals surface area contributed by atoms with E-state index in [1.54, 1.807) is 45.1 Å². The number of thiophene rings is 1. The van der Waals surface area contributed by atoms with Gasteiger partial charge in [-0.15, -0.1) is 11.3 Å². The van der Waals surface area contributed by atoms with Crippen LogP contribution in [0.15, 0.2) is 40.9 Å². The number of aliphatic hydroxyl groups is 1. The molecule has 0 atom stereocenters. The Kier molecular flexibility index (Phi) is 3.86. The van der Waals surface area contributed by atoms with E-state index < -0.39 is 0 Å². The third-order valence-electron chi connectivity index (χ3n) is 3.06. The van der Waals surface area contributed by atoms with E-state index >= 15 is 0 Å². The van der Waals surface area contributed by atoms with Crippen molar-refractivity contribution in [3.05, 3.63) is 56.9 Å². The van der Waals surface area contributed by atoms with E-state index in [0.29, 0.717) is 18.5 Å². The van der Waals surface area contributed by atoms with Crippen molar-refractivity contribution in [1.82, 2.24) is 14.2 Å². The van der Waals surface area contributed by atoms with Gasteiger partial charge < -0.3 is 9.67 Å². The van der Waals surface area contributed by atoms with Gasteiger partial charge in [-0.2, -0.15) is 5.10 Å². The predicted molar refractivity (Wildman–Crippen MR) is 81.5 cm³/mol. The zero-order chi connectivity index (χ0) is 14.7. The highest BCUT2D eigenvalue weighted by atomic mass is 32.1. The Bertz CT molecular complexity index is 879. The number of hydrogen-bond acceptors (Lipinski definition) is 4. The van der Waals surface area contributed by atoms with Crippen molar-refractivity contribution in [2.24, 2.45) is 0 Å². The van der Waals surface area contributed by atoms with Crippen molar-refractivity contribution in [2.45, 2.75) is 13.0 Å². The molecule has 5 nitrogen and oxygen atoms in total. The topological polar surface area (TPSA) is 59.5 Å². The Labute approximate surface area is 125 Å². The zero-order valence-electron chi connectivity index (χ0n) is 11.2. The van der Waals surface area contributed by atoms with Gasteiger partial charge in [0.25, 0.3) is 5.56 Å². The Morgan fingerprint density at radius 1 is 1.33 bits per heavy atom. The fourth-order valence-electron chi connectivity index (χ4n) is 2.03. The summed E-state index contributed by atoms with van der Waals surface area (Å²) in [5, 5.41) is 14.8. The first-order valence-corrected chi connectivity index (χ1v) is 7.36. The van der Waals surface area contributed by atoms with Gasteiger partial charge in [-0.05, 0) is 17.5 Å². The molecule has 3 aromatic rings. The van der Waals surface area contributed by atoms with Gasteiger partial charge in [-0.3, -0.25) is 4.79 Å². The first-order valence-electron chi connectivity index (χ1n) is 6.48. The van der Waals surface area contributed by atoms with Crippen LogP contribution >= 0.6 is 11.3 Å². The molecule has 3 aromatic heterocycles. The Balaban J connectivity index is 1.93. The van der Waals surface area contributed by atoms with Crippen molar-refractivity contribution in [1.29, 1.82) is 0 Å². The lowest BCUT2D eigenvalue weighted by atomic mass is 10.2. The lowest BCUT2D eigenvalue weighted by Gasteiger charge is -2.05. The number of aromatic nitrogens is 3. The number of hydrogen-bond donors (Lipinski definition) is 1. The molecule has 0 unspecified atom stereocenters. The Morgan fingerprint density at radius 3 is 3.10 bits per heavy atom. The minimum absolute atomic E-state index is 0.0593. The molecule has 0 saturated carbocycles. The smallest absolute Gasteiger partial charge is 0.276 e. The summed E-state index contributed by atoms with van der Waals surface area (Å²) >= 11 is 1.57. The highest BCUT2D eigenvalue weighted by molar-refractivity contribution is 7.10. The summed E-state index contributed by atoms with van der Waals surface area (Å²) in [6.07, 6.45) is 5.56. The van der Waals surface area contributed by atoms with Gasteiger partial charge in [0.05, 0.1) is 19.3 Å². The largest absolute Gasteiger partial charge is 0.395 e. The monoisotopic (exact) mass is 299 g/mol. The maximum absolute atomic E-state index is 12.3. The molecule has 0 aliphatic rings. The molecule has 0 fully saturated rings. The fourth-order valence-corrected chi connectivity index (χ4v) is 2.86. The van der Waals surface area contributed by atoms with Crippen molar-refractivity contribution in [2.75, 3.05) is 6.61 Å². The van der Waals surface area contributed by atoms with Crippen molar-refractivity contribution < 1.29 is 5.11 Å². The summed E-state index contributed by atoms with van der Waals surface area (Å²) in [5.41, 5.74) is 1.40. The Hall–Kier alpha value is -2.36. The second kappa shape index (κ2) is 5.95. The number of fused-ring (bicyclic) bond motifs is 1. The number of rotatable bonds is 3. The molecule has 0 saturated heterocycles. The summed E-state index contributed by atoms with van der Waals surface area (Å²) in [5.74, 6) is 5.94. The van der Waals surface area contributed by atoms with Crippen molar-refractivity contribution in [3.63, 3.8) is 0 Å². The molecule has 0 spiro atoms. The van der Waals surface area contributed by atoms with E-state index in [2.05, 4.69) is 16.9 Å². The van der Waals surface area contributed by atoms with Crippen LogP contribution in [0.1, 0.15) is 16.9 Å². The fraction of sp³-hybridized carbons (Fsp3) is 0.200. The zero-order valence-corrected chi connectivity index (χ0v) is 12.0. The van der Waals surface area contributed by atoms with Gasteiger partial charge >= 0.3 is 0 Å². The van der Waals surface area contributed by atoms with Crippen LogP contribution in [-0.4, -0.2) is 25.9 Å². The molecule has 21 heavy (non-hydrogen) atoms. The molecule has 0 amide bonds. The van der Waals surface area contributed by atoms with E-state index in [0.717, 1.165) is 10.4 Å². The van der Waals surface area contributed by atoms with E-state index in [4.69, 9.17) is 5.11 Å². The van der Waals surface area contributed by atoms with Gasteiger partial charge in [0.1, 0.15) is 5.52 Å². The molecule has 106 valence electrons. The Morgan fingerprint density at radius 2 is 2.24 bits per heavy atom. The van der Waals surface area contributed by atoms with Gasteiger partial charge in [-0.25, -0.2) is 4.52 Å². The number of nitrogens with zero attached hydrogens (tertiary/aromatic N) is 3. The molecule has 0 aliphatic heterocycles. The molecule has 3 heterocycles. The van der Waals surface area contributed by atoms with Crippen LogP contribution < -0.4 is 5.56 Å². The van der Waals surface area contributed by atoms with Crippen molar-refractivity contribution in [3.8, 4) is 11.8 Å². The standard InChI is InChI=1S/C15H13N3O2S/c19-9-2-1-3-12-5-10-21-14(12)11-17-7-8-18-13(15(17)20)4-6-16-18/h4-8,10,19H,2,9,11H2. The molecule has 6 heteroatoms. The van der Waals surface area contributed by atoms with E-state index in [-0.39, 0.29) is 12.2 Å². The second-order valence-electron chi connectivity index (χ2n) is 4.43. The molecular weight excluding hydrogens is 286 g/mol. The predicted octanol–water partition coefficient (Wildman–Crippen LogP) is 1.34. The van der Waals surface area contributed by atoms with E-state index in [1.807, 2.05) is 11.4 Å². The average molecular weight is 299 g/mol. The minimum atomic E-state index is -0.0716. The lowest BCUT2D eigenvalue weighted by Crippen LogP contribution is -2.21. The van der Waals surface area contributed by atoms with Crippen LogP contribution in [0, 0.1) is 11.8 Å². The number of aliphatic hydroxyl groups excluding tert-OH is 1. The molecule has 0 aliphatic carbocycles. The van der Waals surface area contributed by atoms with Crippen LogP contribution in [0.5, 0.6) is 0 Å². The molecule has 0 aromatic carbocycles. The highest BCUT2D eigenvalue weighted by Crippen LogP contribution is 2.16. The summed E-state index contributed by atoms with van der Waals surface area (Å²) in [4.78, 5) is 13.4. The third-order valence-corrected chi connectivity index (χ3v) is 3.96. The minimum Gasteiger partial charge on any atom is -0.395 e. The van der Waals surface area contributed by atoms with Gasteiger partial charge in [0.2, 0.25) is 0 Å². The van der Waals surface area contributed by atoms with E-state index in [1.165, 1.54) is 0 Å². The summed E-state index contributed by atoms with van der Waals surface area (Å²) in [6.45, 7) is 0.547. The molecule has 0 bridgehead atoms. The molecule has 0 radical (unpaired) electrons.